The maximum Gasteiger partial charge on any atom is 0.408 e. The number of pyridine rings is 1. The summed E-state index contributed by atoms with van der Waals surface area (Å²) in [6.45, 7) is 6.94. The van der Waals surface area contributed by atoms with Crippen LogP contribution in [-0.2, 0) is 9.53 Å². The number of ether oxygens (including phenoxy) is 1. The minimum Gasteiger partial charge on any atom is -0.479 e. The van der Waals surface area contributed by atoms with Crippen LogP contribution < -0.4 is 5.32 Å². The largest absolute Gasteiger partial charge is 0.479 e. The number of nitrogens with zero attached hydrogens (tertiary/aromatic N) is 2. The number of aliphatic carboxylic acids is 1. The zero-order valence-electron chi connectivity index (χ0n) is 14.8. The Balaban J connectivity index is 2.15. The normalized spacial score (nSPS) is 20.2. The fraction of sp³-hybridized carbons (Fsp3) is 0.529. The first-order valence-electron chi connectivity index (χ1n) is 7.98. The maximum absolute atomic E-state index is 12.7. The van der Waals surface area contributed by atoms with E-state index in [2.05, 4.69) is 10.3 Å². The lowest BCUT2D eigenvalue weighted by Gasteiger charge is -2.28. The van der Waals surface area contributed by atoms with E-state index in [4.69, 9.17) is 4.74 Å². The van der Waals surface area contributed by atoms with E-state index in [1.807, 2.05) is 0 Å². The number of carbonyl (C=O) groups is 3. The van der Waals surface area contributed by atoms with Gasteiger partial charge in [-0.05, 0) is 39.3 Å². The molecule has 0 bridgehead atoms. The topological polar surface area (TPSA) is 109 Å². The van der Waals surface area contributed by atoms with Gasteiger partial charge in [0.1, 0.15) is 5.60 Å². The molecule has 25 heavy (non-hydrogen) atoms. The Morgan fingerprint density at radius 1 is 1.36 bits per heavy atom. The van der Waals surface area contributed by atoms with Crippen molar-refractivity contribution in [3.8, 4) is 0 Å². The predicted molar refractivity (Wildman–Crippen MR) is 89.2 cm³/mol. The minimum atomic E-state index is -1.56. The number of carbonyl (C=O) groups excluding carboxylic acids is 2. The first-order valence-corrected chi connectivity index (χ1v) is 7.98. The van der Waals surface area contributed by atoms with E-state index in [1.165, 1.54) is 11.1 Å². The molecule has 1 aliphatic heterocycles. The summed E-state index contributed by atoms with van der Waals surface area (Å²) in [6, 6.07) is 1.60. The van der Waals surface area contributed by atoms with Crippen molar-refractivity contribution in [3.63, 3.8) is 0 Å². The summed E-state index contributed by atoms with van der Waals surface area (Å²) in [4.78, 5) is 41.8. The number of aryl methyl sites for hydroxylation is 1. The molecule has 0 saturated carbocycles. The average Bonchev–Trinajstić information content (AvgIpc) is 2.90. The van der Waals surface area contributed by atoms with Crippen LogP contribution in [0.4, 0.5) is 4.79 Å². The minimum absolute atomic E-state index is 0.109. The monoisotopic (exact) mass is 349 g/mol. The number of rotatable bonds is 3. The number of hydrogen-bond donors (Lipinski definition) is 2. The van der Waals surface area contributed by atoms with Crippen molar-refractivity contribution < 1.29 is 24.2 Å². The molecule has 1 aromatic rings. The number of nitrogens with one attached hydrogen (secondary N) is 1. The van der Waals surface area contributed by atoms with E-state index in [1.54, 1.807) is 40.0 Å². The van der Waals surface area contributed by atoms with Gasteiger partial charge in [-0.25, -0.2) is 9.59 Å². The lowest BCUT2D eigenvalue weighted by Crippen LogP contribution is -2.57. The molecule has 8 heteroatoms. The van der Waals surface area contributed by atoms with Crippen molar-refractivity contribution in [2.45, 2.75) is 45.3 Å². The van der Waals surface area contributed by atoms with Crippen molar-refractivity contribution in [1.82, 2.24) is 15.2 Å². The Bertz CT molecular complexity index is 698. The Morgan fingerprint density at radius 2 is 2.04 bits per heavy atom. The molecule has 8 nitrogen and oxygen atoms in total. The van der Waals surface area contributed by atoms with Gasteiger partial charge in [-0.15, -0.1) is 0 Å². The van der Waals surface area contributed by atoms with Crippen LogP contribution in [0.3, 0.4) is 0 Å². The second kappa shape index (κ2) is 6.70. The average molecular weight is 349 g/mol. The SMILES string of the molecule is Cc1cnccc1C(=O)N1CCC(NC(=O)OC(C)(C)C)(C(=O)O)C1. The van der Waals surface area contributed by atoms with Crippen LogP contribution in [-0.4, -0.2) is 57.2 Å². The van der Waals surface area contributed by atoms with Gasteiger partial charge in [0.2, 0.25) is 0 Å². The quantitative estimate of drug-likeness (QED) is 0.858. The van der Waals surface area contributed by atoms with Gasteiger partial charge in [-0.2, -0.15) is 0 Å². The van der Waals surface area contributed by atoms with Crippen LogP contribution >= 0.6 is 0 Å². The number of carboxylic acids is 1. The Kier molecular flexibility index (Phi) is 5.01. The first-order chi connectivity index (χ1) is 11.5. The summed E-state index contributed by atoms with van der Waals surface area (Å²) in [5.41, 5.74) is -1.13. The molecule has 2 N–H and O–H groups in total. The molecule has 0 aliphatic carbocycles. The van der Waals surface area contributed by atoms with Crippen LogP contribution in [0.2, 0.25) is 0 Å². The third kappa shape index (κ3) is 4.26. The third-order valence-corrected chi connectivity index (χ3v) is 3.96. The second-order valence-electron chi connectivity index (χ2n) is 7.18. The molecule has 0 radical (unpaired) electrons. The molecule has 0 spiro atoms. The van der Waals surface area contributed by atoms with E-state index >= 15 is 0 Å². The number of hydrogen-bond acceptors (Lipinski definition) is 5. The van der Waals surface area contributed by atoms with Crippen LogP contribution in [0, 0.1) is 6.92 Å². The third-order valence-electron chi connectivity index (χ3n) is 3.96. The summed E-state index contributed by atoms with van der Waals surface area (Å²) in [7, 11) is 0. The maximum atomic E-state index is 12.7. The highest BCUT2D eigenvalue weighted by molar-refractivity contribution is 5.97. The number of aromatic nitrogens is 1. The molecular weight excluding hydrogens is 326 g/mol. The predicted octanol–water partition coefficient (Wildman–Crippen LogP) is 1.58. The van der Waals surface area contributed by atoms with Crippen molar-refractivity contribution in [3.05, 3.63) is 29.6 Å². The molecule has 136 valence electrons. The highest BCUT2D eigenvalue weighted by Crippen LogP contribution is 2.25. The molecule has 1 unspecified atom stereocenters. The van der Waals surface area contributed by atoms with Gasteiger partial charge in [0, 0.05) is 30.9 Å². The van der Waals surface area contributed by atoms with E-state index in [9.17, 15) is 19.5 Å². The highest BCUT2D eigenvalue weighted by Gasteiger charge is 2.48. The molecule has 2 amide bonds. The van der Waals surface area contributed by atoms with Crippen LogP contribution in [0.1, 0.15) is 43.1 Å². The van der Waals surface area contributed by atoms with Gasteiger partial charge in [-0.1, -0.05) is 0 Å². The van der Waals surface area contributed by atoms with Gasteiger partial charge < -0.3 is 20.1 Å². The second-order valence-corrected chi connectivity index (χ2v) is 7.18. The number of alkyl carbamates (subject to hydrolysis) is 1. The smallest absolute Gasteiger partial charge is 0.408 e. The molecular formula is C17H23N3O5. The highest BCUT2D eigenvalue weighted by atomic mass is 16.6. The molecule has 1 aromatic heterocycles. The van der Waals surface area contributed by atoms with E-state index in [0.29, 0.717) is 11.1 Å². The zero-order valence-corrected chi connectivity index (χ0v) is 14.8. The lowest BCUT2D eigenvalue weighted by atomic mass is 9.99. The summed E-state index contributed by atoms with van der Waals surface area (Å²) >= 11 is 0. The standard InChI is InChI=1S/C17H23N3O5/c1-11-9-18-7-5-12(11)13(21)20-8-6-17(10-20,14(22)23)19-15(24)25-16(2,3)4/h5,7,9H,6,8,10H2,1-4H3,(H,19,24)(H,22,23). The fourth-order valence-electron chi connectivity index (χ4n) is 2.70. The Hall–Kier alpha value is -2.64. The van der Waals surface area contributed by atoms with Gasteiger partial charge >= 0.3 is 12.1 Å². The molecule has 2 heterocycles. The van der Waals surface area contributed by atoms with E-state index in [-0.39, 0.29) is 25.4 Å². The van der Waals surface area contributed by atoms with Crippen LogP contribution in [0.15, 0.2) is 18.5 Å². The van der Waals surface area contributed by atoms with Crippen molar-refractivity contribution >= 4 is 18.0 Å². The molecule has 1 saturated heterocycles. The Morgan fingerprint density at radius 3 is 2.60 bits per heavy atom. The Labute approximate surface area is 146 Å². The lowest BCUT2D eigenvalue weighted by molar-refractivity contribution is -0.144. The van der Waals surface area contributed by atoms with Gasteiger partial charge in [0.05, 0.1) is 6.54 Å². The van der Waals surface area contributed by atoms with Gasteiger partial charge in [0.15, 0.2) is 5.54 Å². The molecule has 1 atom stereocenters. The van der Waals surface area contributed by atoms with Crippen molar-refractivity contribution in [1.29, 1.82) is 0 Å². The van der Waals surface area contributed by atoms with Crippen LogP contribution in [0.25, 0.3) is 0 Å². The zero-order chi connectivity index (χ0) is 18.8. The molecule has 0 aromatic carbocycles. The first kappa shape index (κ1) is 18.7. The fourth-order valence-corrected chi connectivity index (χ4v) is 2.70. The van der Waals surface area contributed by atoms with E-state index in [0.717, 1.165) is 0 Å². The van der Waals surface area contributed by atoms with Gasteiger partial charge in [-0.3, -0.25) is 9.78 Å². The molecule has 1 aliphatic rings. The summed E-state index contributed by atoms with van der Waals surface area (Å²) < 4.78 is 5.15. The van der Waals surface area contributed by atoms with Crippen molar-refractivity contribution in [2.24, 2.45) is 0 Å². The summed E-state index contributed by atoms with van der Waals surface area (Å²) in [5, 5.41) is 12.0. The number of amides is 2. The van der Waals surface area contributed by atoms with E-state index < -0.39 is 23.2 Å². The number of carboxylic acid groups (broad SMARTS) is 1. The number of likely N-dealkylation sites (tertiary alicyclic amines) is 1. The molecule has 2 rings (SSSR count). The van der Waals surface area contributed by atoms with Crippen molar-refractivity contribution in [2.75, 3.05) is 13.1 Å². The van der Waals surface area contributed by atoms with Crippen LogP contribution in [0.5, 0.6) is 0 Å². The van der Waals surface area contributed by atoms with Gasteiger partial charge in [0.25, 0.3) is 5.91 Å². The summed E-state index contributed by atoms with van der Waals surface area (Å²) in [6.07, 6.45) is 2.38. The summed E-state index contributed by atoms with van der Waals surface area (Å²) in [5.74, 6) is -1.48. The molecule has 1 fully saturated rings.